The Morgan fingerprint density at radius 2 is 1.88 bits per heavy atom. The van der Waals surface area contributed by atoms with Gasteiger partial charge in [0.2, 0.25) is 0 Å². The predicted molar refractivity (Wildman–Crippen MR) is 72.6 cm³/mol. The molecule has 0 saturated carbocycles. The zero-order valence-electron chi connectivity index (χ0n) is 11.6. The van der Waals surface area contributed by atoms with E-state index in [2.05, 4.69) is 26.1 Å². The Morgan fingerprint density at radius 3 is 2.47 bits per heavy atom. The lowest BCUT2D eigenvalue weighted by molar-refractivity contribution is 0.0980. The number of nitrogens with one attached hydrogen (secondary N) is 1. The molecule has 17 heavy (non-hydrogen) atoms. The molecule has 2 nitrogen and oxygen atoms in total. The van der Waals surface area contributed by atoms with Gasteiger partial charge in [-0.3, -0.25) is 4.79 Å². The molecule has 0 saturated heterocycles. The maximum Gasteiger partial charge on any atom is 0.164 e. The van der Waals surface area contributed by atoms with Crippen LogP contribution < -0.4 is 5.32 Å². The number of aryl methyl sites for hydroxylation is 1. The Labute approximate surface area is 104 Å². The van der Waals surface area contributed by atoms with Crippen molar-refractivity contribution in [3.8, 4) is 0 Å². The summed E-state index contributed by atoms with van der Waals surface area (Å²) in [5.74, 6) is 0.225. The van der Waals surface area contributed by atoms with Gasteiger partial charge in [-0.25, -0.2) is 0 Å². The topological polar surface area (TPSA) is 29.1 Å². The number of ketones is 1. The van der Waals surface area contributed by atoms with Crippen LogP contribution in [-0.4, -0.2) is 17.9 Å². The van der Waals surface area contributed by atoms with Gasteiger partial charge in [-0.05, 0) is 45.7 Å². The molecule has 1 rings (SSSR count). The third-order valence-electron chi connectivity index (χ3n) is 2.91. The summed E-state index contributed by atoms with van der Waals surface area (Å²) < 4.78 is 0. The van der Waals surface area contributed by atoms with Crippen LogP contribution in [0, 0.1) is 13.8 Å². The smallest absolute Gasteiger partial charge is 0.164 e. The number of rotatable bonds is 4. The number of carbonyl (C=O) groups excluding carboxylic acids is 1. The number of Topliss-reactive ketones (excluding diaryl/α,β-unsaturated/α-hetero) is 1. The highest BCUT2D eigenvalue weighted by Gasteiger charge is 2.12. The first-order valence-electron chi connectivity index (χ1n) is 6.16. The quantitative estimate of drug-likeness (QED) is 0.809. The molecule has 0 radical (unpaired) electrons. The van der Waals surface area contributed by atoms with Gasteiger partial charge in [0.25, 0.3) is 0 Å². The van der Waals surface area contributed by atoms with Gasteiger partial charge in [0.05, 0.1) is 0 Å². The van der Waals surface area contributed by atoms with Crippen molar-refractivity contribution < 1.29 is 4.79 Å². The van der Waals surface area contributed by atoms with Crippen molar-refractivity contribution in [2.45, 2.75) is 46.6 Å². The van der Waals surface area contributed by atoms with Gasteiger partial charge in [-0.15, -0.1) is 0 Å². The molecule has 0 spiro atoms. The van der Waals surface area contributed by atoms with E-state index in [9.17, 15) is 4.79 Å². The summed E-state index contributed by atoms with van der Waals surface area (Å²) >= 11 is 0. The SMILES string of the molecule is Cc1cccc(C(=O)CCNC(C)(C)C)c1C. The maximum atomic E-state index is 12.1. The van der Waals surface area contributed by atoms with E-state index in [-0.39, 0.29) is 11.3 Å². The van der Waals surface area contributed by atoms with Crippen molar-refractivity contribution in [1.82, 2.24) is 5.32 Å². The molecule has 0 amide bonds. The van der Waals surface area contributed by atoms with Gasteiger partial charge < -0.3 is 5.32 Å². The first kappa shape index (κ1) is 13.9. The van der Waals surface area contributed by atoms with Crippen LogP contribution >= 0.6 is 0 Å². The molecule has 0 aliphatic carbocycles. The van der Waals surface area contributed by atoms with Crippen molar-refractivity contribution >= 4 is 5.78 Å². The second-order valence-corrected chi connectivity index (χ2v) is 5.60. The highest BCUT2D eigenvalue weighted by Crippen LogP contribution is 2.14. The Balaban J connectivity index is 2.62. The highest BCUT2D eigenvalue weighted by molar-refractivity contribution is 5.97. The van der Waals surface area contributed by atoms with Crippen molar-refractivity contribution in [3.05, 3.63) is 34.9 Å². The molecule has 0 atom stereocenters. The Kier molecular flexibility index (Phi) is 4.47. The standard InChI is InChI=1S/C15H23NO/c1-11-7-6-8-13(12(11)2)14(17)9-10-16-15(3,4)5/h6-8,16H,9-10H2,1-5H3. The lowest BCUT2D eigenvalue weighted by Crippen LogP contribution is -2.37. The lowest BCUT2D eigenvalue weighted by Gasteiger charge is -2.20. The molecule has 0 fully saturated rings. The van der Waals surface area contributed by atoms with Gasteiger partial charge in [0, 0.05) is 24.1 Å². The molecule has 0 heterocycles. The van der Waals surface area contributed by atoms with Crippen LogP contribution in [0.5, 0.6) is 0 Å². The number of hydrogen-bond donors (Lipinski definition) is 1. The molecular weight excluding hydrogens is 210 g/mol. The molecule has 1 N–H and O–H groups in total. The van der Waals surface area contributed by atoms with E-state index in [4.69, 9.17) is 0 Å². The van der Waals surface area contributed by atoms with Crippen LogP contribution in [0.2, 0.25) is 0 Å². The van der Waals surface area contributed by atoms with E-state index in [1.807, 2.05) is 32.0 Å². The second-order valence-electron chi connectivity index (χ2n) is 5.60. The lowest BCUT2D eigenvalue weighted by atomic mass is 9.98. The van der Waals surface area contributed by atoms with Gasteiger partial charge in [0.15, 0.2) is 5.78 Å². The number of benzene rings is 1. The van der Waals surface area contributed by atoms with Gasteiger partial charge in [-0.1, -0.05) is 18.2 Å². The predicted octanol–water partition coefficient (Wildman–Crippen LogP) is 3.26. The summed E-state index contributed by atoms with van der Waals surface area (Å²) in [6.07, 6.45) is 0.557. The fourth-order valence-corrected chi connectivity index (χ4v) is 1.74. The Bertz CT molecular complexity index is 402. The Hall–Kier alpha value is -1.15. The van der Waals surface area contributed by atoms with Gasteiger partial charge >= 0.3 is 0 Å². The molecule has 94 valence electrons. The van der Waals surface area contributed by atoms with Gasteiger partial charge in [0.1, 0.15) is 0 Å². The van der Waals surface area contributed by atoms with Gasteiger partial charge in [-0.2, -0.15) is 0 Å². The molecule has 0 aliphatic rings. The number of hydrogen-bond acceptors (Lipinski definition) is 2. The summed E-state index contributed by atoms with van der Waals surface area (Å²) in [6.45, 7) is 11.1. The van der Waals surface area contributed by atoms with Crippen molar-refractivity contribution in [1.29, 1.82) is 0 Å². The van der Waals surface area contributed by atoms with E-state index in [0.29, 0.717) is 6.42 Å². The monoisotopic (exact) mass is 233 g/mol. The molecule has 0 aliphatic heterocycles. The van der Waals surface area contributed by atoms with E-state index < -0.39 is 0 Å². The van der Waals surface area contributed by atoms with Crippen LogP contribution in [0.3, 0.4) is 0 Å². The minimum atomic E-state index is 0.0714. The number of carbonyl (C=O) groups is 1. The first-order chi connectivity index (χ1) is 7.81. The fraction of sp³-hybridized carbons (Fsp3) is 0.533. The summed E-state index contributed by atoms with van der Waals surface area (Å²) in [7, 11) is 0. The summed E-state index contributed by atoms with van der Waals surface area (Å²) in [5, 5.41) is 3.34. The normalized spacial score (nSPS) is 11.6. The van der Waals surface area contributed by atoms with E-state index in [0.717, 1.165) is 17.7 Å². The third kappa shape index (κ3) is 4.31. The minimum absolute atomic E-state index is 0.0714. The zero-order chi connectivity index (χ0) is 13.1. The second kappa shape index (κ2) is 5.46. The third-order valence-corrected chi connectivity index (χ3v) is 2.91. The van der Waals surface area contributed by atoms with Crippen molar-refractivity contribution in [2.75, 3.05) is 6.54 Å². The summed E-state index contributed by atoms with van der Waals surface area (Å²) in [4.78, 5) is 12.1. The van der Waals surface area contributed by atoms with E-state index >= 15 is 0 Å². The molecule has 0 bridgehead atoms. The van der Waals surface area contributed by atoms with Crippen LogP contribution in [0.25, 0.3) is 0 Å². The molecular formula is C15H23NO. The molecule has 0 aromatic heterocycles. The summed E-state index contributed by atoms with van der Waals surface area (Å²) in [5.41, 5.74) is 3.22. The zero-order valence-corrected chi connectivity index (χ0v) is 11.6. The van der Waals surface area contributed by atoms with Crippen molar-refractivity contribution in [3.63, 3.8) is 0 Å². The Morgan fingerprint density at radius 1 is 1.24 bits per heavy atom. The minimum Gasteiger partial charge on any atom is -0.312 e. The van der Waals surface area contributed by atoms with E-state index in [1.165, 1.54) is 5.56 Å². The summed E-state index contributed by atoms with van der Waals surface area (Å²) in [6, 6.07) is 5.91. The molecule has 2 heteroatoms. The molecule has 1 aromatic carbocycles. The van der Waals surface area contributed by atoms with Crippen molar-refractivity contribution in [2.24, 2.45) is 0 Å². The van der Waals surface area contributed by atoms with Crippen LogP contribution in [-0.2, 0) is 0 Å². The largest absolute Gasteiger partial charge is 0.312 e. The maximum absolute atomic E-state index is 12.1. The average Bonchev–Trinajstić information content (AvgIpc) is 2.20. The fourth-order valence-electron chi connectivity index (χ4n) is 1.74. The molecule has 1 aromatic rings. The van der Waals surface area contributed by atoms with Crippen LogP contribution in [0.15, 0.2) is 18.2 Å². The first-order valence-corrected chi connectivity index (χ1v) is 6.16. The highest BCUT2D eigenvalue weighted by atomic mass is 16.1. The average molecular weight is 233 g/mol. The van der Waals surface area contributed by atoms with Crippen LogP contribution in [0.4, 0.5) is 0 Å². The molecule has 0 unspecified atom stereocenters. The van der Waals surface area contributed by atoms with E-state index in [1.54, 1.807) is 0 Å². The van der Waals surface area contributed by atoms with Crippen LogP contribution in [0.1, 0.15) is 48.7 Å².